The topological polar surface area (TPSA) is 56.3 Å². The van der Waals surface area contributed by atoms with Crippen LogP contribution in [0.15, 0.2) is 12.1 Å². The second-order valence-corrected chi connectivity index (χ2v) is 4.30. The van der Waals surface area contributed by atoms with Gasteiger partial charge in [0.2, 0.25) is 11.9 Å². The Bertz CT molecular complexity index is 466. The van der Waals surface area contributed by atoms with Gasteiger partial charge in [-0.25, -0.2) is 4.79 Å². The number of hydrogen-bond donors (Lipinski definition) is 0. The van der Waals surface area contributed by atoms with Gasteiger partial charge in [0, 0.05) is 0 Å². The Balaban J connectivity index is 2.94. The summed E-state index contributed by atoms with van der Waals surface area (Å²) in [6.07, 6.45) is 0. The van der Waals surface area contributed by atoms with E-state index in [9.17, 15) is 18.4 Å². The average molecular weight is 243 g/mol. The molecular formula is C11H11F2NO3. The summed E-state index contributed by atoms with van der Waals surface area (Å²) in [5, 5.41) is 0. The number of carbonyl (C=O) groups excluding carboxylic acids is 2. The van der Waals surface area contributed by atoms with E-state index in [0.29, 0.717) is 0 Å². The number of rotatable bonds is 2. The van der Waals surface area contributed by atoms with Crippen molar-refractivity contribution >= 4 is 11.8 Å². The molecule has 1 aromatic rings. The van der Waals surface area contributed by atoms with E-state index in [1.807, 2.05) is 0 Å². The number of ketones is 1. The van der Waals surface area contributed by atoms with Crippen LogP contribution < -0.4 is 0 Å². The van der Waals surface area contributed by atoms with E-state index in [2.05, 4.69) is 4.98 Å². The molecule has 0 radical (unpaired) electrons. The van der Waals surface area contributed by atoms with Gasteiger partial charge in [-0.05, 0) is 32.9 Å². The highest BCUT2D eigenvalue weighted by Gasteiger charge is 2.26. The lowest BCUT2D eigenvalue weighted by atomic mass is 10.1. The molecular weight excluding hydrogens is 232 g/mol. The zero-order chi connectivity index (χ0) is 13.2. The fourth-order valence-electron chi connectivity index (χ4n) is 1.02. The van der Waals surface area contributed by atoms with Gasteiger partial charge in [0.15, 0.2) is 0 Å². The Morgan fingerprint density at radius 1 is 1.24 bits per heavy atom. The van der Waals surface area contributed by atoms with E-state index in [0.717, 1.165) is 12.1 Å². The van der Waals surface area contributed by atoms with E-state index in [1.165, 1.54) is 0 Å². The summed E-state index contributed by atoms with van der Waals surface area (Å²) in [7, 11) is 0. The molecule has 0 saturated heterocycles. The highest BCUT2D eigenvalue weighted by atomic mass is 19.1. The first-order valence-corrected chi connectivity index (χ1v) is 4.80. The van der Waals surface area contributed by atoms with E-state index < -0.39 is 34.8 Å². The number of esters is 1. The Morgan fingerprint density at radius 2 is 1.82 bits per heavy atom. The summed E-state index contributed by atoms with van der Waals surface area (Å²) in [4.78, 5) is 25.6. The minimum Gasteiger partial charge on any atom is -0.454 e. The number of carbonyl (C=O) groups is 2. The fraction of sp³-hybridized carbons (Fsp3) is 0.364. The van der Waals surface area contributed by atoms with Crippen LogP contribution in [0.4, 0.5) is 8.78 Å². The van der Waals surface area contributed by atoms with Gasteiger partial charge < -0.3 is 4.74 Å². The van der Waals surface area contributed by atoms with Crippen molar-refractivity contribution in [2.75, 3.05) is 0 Å². The molecule has 0 spiro atoms. The maximum absolute atomic E-state index is 13.1. The third-order valence-electron chi connectivity index (χ3n) is 1.64. The van der Waals surface area contributed by atoms with Crippen molar-refractivity contribution in [1.29, 1.82) is 0 Å². The van der Waals surface area contributed by atoms with Crippen molar-refractivity contribution in [3.8, 4) is 0 Å². The number of nitrogens with zero attached hydrogens (tertiary/aromatic N) is 1. The summed E-state index contributed by atoms with van der Waals surface area (Å²) in [6, 6.07) is 1.64. The van der Waals surface area contributed by atoms with E-state index in [1.54, 1.807) is 20.8 Å². The number of hydrogen-bond acceptors (Lipinski definition) is 4. The largest absolute Gasteiger partial charge is 0.454 e. The molecule has 0 unspecified atom stereocenters. The minimum atomic E-state index is -1.33. The Kier molecular flexibility index (Phi) is 3.55. The van der Waals surface area contributed by atoms with Gasteiger partial charge >= 0.3 is 5.97 Å². The first-order chi connectivity index (χ1) is 7.70. The molecule has 0 bridgehead atoms. The molecule has 1 rings (SSSR count). The normalized spacial score (nSPS) is 11.1. The Morgan fingerprint density at radius 3 is 2.29 bits per heavy atom. The molecule has 1 aromatic heterocycles. The van der Waals surface area contributed by atoms with Crippen LogP contribution in [0.3, 0.4) is 0 Å². The maximum atomic E-state index is 13.1. The van der Waals surface area contributed by atoms with Crippen LogP contribution in [0, 0.1) is 11.9 Å². The molecule has 0 atom stereocenters. The van der Waals surface area contributed by atoms with Crippen LogP contribution in [-0.4, -0.2) is 22.3 Å². The number of Topliss-reactive ketones (excluding diaryl/α,β-unsaturated/α-hetero) is 1. The van der Waals surface area contributed by atoms with Gasteiger partial charge in [0.25, 0.3) is 5.78 Å². The van der Waals surface area contributed by atoms with Gasteiger partial charge in [-0.3, -0.25) is 4.79 Å². The quantitative estimate of drug-likeness (QED) is 0.344. The van der Waals surface area contributed by atoms with Crippen LogP contribution in [0.1, 0.15) is 31.1 Å². The third kappa shape index (κ3) is 3.58. The summed E-state index contributed by atoms with van der Waals surface area (Å²) in [5.74, 6) is -4.79. The standard InChI is InChI=1S/C11H11F2NO3/c1-11(2,3)17-10(16)8(15)6-4-5-7(12)14-9(6)13/h4-5H,1-3H3. The first kappa shape index (κ1) is 13.2. The van der Waals surface area contributed by atoms with Crippen LogP contribution in [0.2, 0.25) is 0 Å². The van der Waals surface area contributed by atoms with Crippen LogP contribution >= 0.6 is 0 Å². The SMILES string of the molecule is CC(C)(C)OC(=O)C(=O)c1ccc(F)nc1F. The first-order valence-electron chi connectivity index (χ1n) is 4.80. The zero-order valence-corrected chi connectivity index (χ0v) is 9.58. The summed E-state index contributed by atoms with van der Waals surface area (Å²) in [6.45, 7) is 4.70. The van der Waals surface area contributed by atoms with Crippen molar-refractivity contribution < 1.29 is 23.1 Å². The molecule has 4 nitrogen and oxygen atoms in total. The van der Waals surface area contributed by atoms with Crippen molar-refractivity contribution in [1.82, 2.24) is 4.98 Å². The molecule has 0 aromatic carbocycles. The monoisotopic (exact) mass is 243 g/mol. The molecule has 0 amide bonds. The number of ether oxygens (including phenoxy) is 1. The second-order valence-electron chi connectivity index (χ2n) is 4.30. The molecule has 0 aliphatic heterocycles. The maximum Gasteiger partial charge on any atom is 0.380 e. The highest BCUT2D eigenvalue weighted by Crippen LogP contribution is 2.12. The van der Waals surface area contributed by atoms with Crippen molar-refractivity contribution in [2.45, 2.75) is 26.4 Å². The molecule has 17 heavy (non-hydrogen) atoms. The number of pyridine rings is 1. The minimum absolute atomic E-state index is 0.611. The fourth-order valence-corrected chi connectivity index (χ4v) is 1.02. The van der Waals surface area contributed by atoms with Crippen molar-refractivity contribution in [3.63, 3.8) is 0 Å². The summed E-state index contributed by atoms with van der Waals surface area (Å²) < 4.78 is 30.4. The number of aromatic nitrogens is 1. The van der Waals surface area contributed by atoms with Crippen LogP contribution in [-0.2, 0) is 9.53 Å². The van der Waals surface area contributed by atoms with Crippen molar-refractivity contribution in [2.24, 2.45) is 0 Å². The van der Waals surface area contributed by atoms with Gasteiger partial charge in [0.1, 0.15) is 5.60 Å². The lowest BCUT2D eigenvalue weighted by Gasteiger charge is -2.18. The lowest BCUT2D eigenvalue weighted by Crippen LogP contribution is -2.29. The van der Waals surface area contributed by atoms with Gasteiger partial charge in [-0.15, -0.1) is 0 Å². The molecule has 0 N–H and O–H groups in total. The summed E-state index contributed by atoms with van der Waals surface area (Å²) >= 11 is 0. The average Bonchev–Trinajstić information content (AvgIpc) is 2.14. The third-order valence-corrected chi connectivity index (χ3v) is 1.64. The zero-order valence-electron chi connectivity index (χ0n) is 9.58. The van der Waals surface area contributed by atoms with Gasteiger partial charge in [-0.2, -0.15) is 13.8 Å². The van der Waals surface area contributed by atoms with E-state index in [4.69, 9.17) is 4.74 Å². The Hall–Kier alpha value is -1.85. The predicted molar refractivity (Wildman–Crippen MR) is 54.3 cm³/mol. The molecule has 0 aliphatic carbocycles. The van der Waals surface area contributed by atoms with Crippen LogP contribution in [0.5, 0.6) is 0 Å². The molecule has 92 valence electrons. The molecule has 0 aliphatic rings. The predicted octanol–water partition coefficient (Wildman–Crippen LogP) is 1.88. The van der Waals surface area contributed by atoms with Crippen LogP contribution in [0.25, 0.3) is 0 Å². The second kappa shape index (κ2) is 4.57. The molecule has 1 heterocycles. The Labute approximate surface area is 96.6 Å². The van der Waals surface area contributed by atoms with E-state index in [-0.39, 0.29) is 0 Å². The smallest absolute Gasteiger partial charge is 0.380 e. The van der Waals surface area contributed by atoms with Crippen molar-refractivity contribution in [3.05, 3.63) is 29.6 Å². The molecule has 0 saturated carbocycles. The number of halogens is 2. The lowest BCUT2D eigenvalue weighted by molar-refractivity contribution is -0.148. The van der Waals surface area contributed by atoms with Gasteiger partial charge in [0.05, 0.1) is 5.56 Å². The molecule has 0 fully saturated rings. The van der Waals surface area contributed by atoms with Gasteiger partial charge in [-0.1, -0.05) is 0 Å². The summed E-state index contributed by atoms with van der Waals surface area (Å²) in [5.41, 5.74) is -1.47. The molecule has 6 heteroatoms. The highest BCUT2D eigenvalue weighted by molar-refractivity contribution is 6.40. The van der Waals surface area contributed by atoms with E-state index >= 15 is 0 Å².